The summed E-state index contributed by atoms with van der Waals surface area (Å²) in [6, 6.07) is 5.71. The number of carbonyl (C=O) groups is 1. The van der Waals surface area contributed by atoms with Crippen molar-refractivity contribution in [1.82, 2.24) is 14.3 Å². The van der Waals surface area contributed by atoms with Crippen molar-refractivity contribution in [3.8, 4) is 11.5 Å². The van der Waals surface area contributed by atoms with Gasteiger partial charge in [0.25, 0.3) is 10.2 Å². The Morgan fingerprint density at radius 3 is 2.59 bits per heavy atom. The standard InChI is InChI=1S/C18H29N3O5S/c1-4-8-19-27(23,24)20-12-15-11-18(22)21(13-15)9-7-14-5-6-16(25-2)17(10-14)26-3/h5-6,10,15,19-20H,4,7-9,11-13H2,1-3H3. The number of ether oxygens (including phenoxy) is 2. The molecule has 0 aliphatic carbocycles. The molecule has 1 heterocycles. The van der Waals surface area contributed by atoms with Crippen molar-refractivity contribution < 1.29 is 22.7 Å². The molecule has 2 N–H and O–H groups in total. The van der Waals surface area contributed by atoms with Gasteiger partial charge in [-0.25, -0.2) is 9.44 Å². The first-order chi connectivity index (χ1) is 12.9. The van der Waals surface area contributed by atoms with Gasteiger partial charge < -0.3 is 14.4 Å². The van der Waals surface area contributed by atoms with Gasteiger partial charge in [-0.3, -0.25) is 4.79 Å². The second-order valence-corrected chi connectivity index (χ2v) is 8.18. The summed E-state index contributed by atoms with van der Waals surface area (Å²) in [5.41, 5.74) is 1.05. The first-order valence-electron chi connectivity index (χ1n) is 9.11. The average Bonchev–Trinajstić information content (AvgIpc) is 3.02. The number of likely N-dealkylation sites (tertiary alicyclic amines) is 1. The molecule has 1 unspecified atom stereocenters. The number of nitrogens with one attached hydrogen (secondary N) is 2. The normalized spacial score (nSPS) is 17.4. The van der Waals surface area contributed by atoms with E-state index in [1.807, 2.05) is 25.1 Å². The smallest absolute Gasteiger partial charge is 0.276 e. The lowest BCUT2D eigenvalue weighted by Crippen LogP contribution is -2.40. The predicted octanol–water partition coefficient (Wildman–Crippen LogP) is 0.929. The number of hydrogen-bond donors (Lipinski definition) is 2. The van der Waals surface area contributed by atoms with E-state index in [1.54, 1.807) is 19.1 Å². The molecule has 9 heteroatoms. The molecule has 1 aliphatic rings. The van der Waals surface area contributed by atoms with Gasteiger partial charge in [0.05, 0.1) is 14.2 Å². The van der Waals surface area contributed by atoms with Gasteiger partial charge in [0, 0.05) is 32.6 Å². The molecule has 1 fully saturated rings. The molecule has 1 saturated heterocycles. The van der Waals surface area contributed by atoms with Crippen LogP contribution in [0, 0.1) is 5.92 Å². The quantitative estimate of drug-likeness (QED) is 0.577. The third kappa shape index (κ3) is 6.37. The van der Waals surface area contributed by atoms with Crippen molar-refractivity contribution in [3.05, 3.63) is 23.8 Å². The highest BCUT2D eigenvalue weighted by molar-refractivity contribution is 7.87. The first-order valence-corrected chi connectivity index (χ1v) is 10.6. The molecule has 0 bridgehead atoms. The summed E-state index contributed by atoms with van der Waals surface area (Å²) in [7, 11) is -0.312. The van der Waals surface area contributed by atoms with Gasteiger partial charge in [-0.15, -0.1) is 0 Å². The second-order valence-electron chi connectivity index (χ2n) is 6.60. The molecule has 152 valence electrons. The third-order valence-electron chi connectivity index (χ3n) is 4.52. The maximum absolute atomic E-state index is 12.2. The average molecular weight is 400 g/mol. The minimum atomic E-state index is -3.49. The summed E-state index contributed by atoms with van der Waals surface area (Å²) < 4.78 is 39.1. The Morgan fingerprint density at radius 1 is 1.19 bits per heavy atom. The number of rotatable bonds is 11. The van der Waals surface area contributed by atoms with Crippen LogP contribution >= 0.6 is 0 Å². The minimum absolute atomic E-state index is 0.0129. The van der Waals surface area contributed by atoms with Crippen LogP contribution in [0.15, 0.2) is 18.2 Å². The van der Waals surface area contributed by atoms with Crippen LogP contribution in [0.2, 0.25) is 0 Å². The highest BCUT2D eigenvalue weighted by Gasteiger charge is 2.30. The molecule has 2 rings (SSSR count). The van der Waals surface area contributed by atoms with E-state index in [0.29, 0.717) is 44.0 Å². The fourth-order valence-electron chi connectivity index (χ4n) is 3.02. The number of amides is 1. The van der Waals surface area contributed by atoms with Gasteiger partial charge in [0.2, 0.25) is 5.91 Å². The zero-order valence-electron chi connectivity index (χ0n) is 16.2. The molecule has 0 spiro atoms. The summed E-state index contributed by atoms with van der Waals surface area (Å²) in [6.07, 6.45) is 1.79. The lowest BCUT2D eigenvalue weighted by Gasteiger charge is -2.17. The number of carbonyl (C=O) groups excluding carboxylic acids is 1. The lowest BCUT2D eigenvalue weighted by atomic mass is 10.1. The largest absolute Gasteiger partial charge is 0.493 e. The van der Waals surface area contributed by atoms with Crippen molar-refractivity contribution in [2.24, 2.45) is 5.92 Å². The van der Waals surface area contributed by atoms with Gasteiger partial charge in [-0.2, -0.15) is 8.42 Å². The summed E-state index contributed by atoms with van der Waals surface area (Å²) in [5, 5.41) is 0. The van der Waals surface area contributed by atoms with Gasteiger partial charge in [0.15, 0.2) is 11.5 Å². The number of benzene rings is 1. The maximum atomic E-state index is 12.2. The predicted molar refractivity (Wildman–Crippen MR) is 103 cm³/mol. The topological polar surface area (TPSA) is 97.0 Å². The van der Waals surface area contributed by atoms with Crippen molar-refractivity contribution in [2.75, 3.05) is 40.4 Å². The van der Waals surface area contributed by atoms with Gasteiger partial charge in [-0.05, 0) is 36.5 Å². The van der Waals surface area contributed by atoms with Crippen LogP contribution in [0.5, 0.6) is 11.5 Å². The van der Waals surface area contributed by atoms with E-state index in [-0.39, 0.29) is 18.4 Å². The lowest BCUT2D eigenvalue weighted by molar-refractivity contribution is -0.127. The van der Waals surface area contributed by atoms with Crippen LogP contribution in [0.25, 0.3) is 0 Å². The minimum Gasteiger partial charge on any atom is -0.493 e. The van der Waals surface area contributed by atoms with E-state index in [0.717, 1.165) is 12.0 Å². The van der Waals surface area contributed by atoms with Gasteiger partial charge in [-0.1, -0.05) is 13.0 Å². The van der Waals surface area contributed by atoms with Gasteiger partial charge in [0.1, 0.15) is 0 Å². The fraction of sp³-hybridized carbons (Fsp3) is 0.611. The number of nitrogens with zero attached hydrogens (tertiary/aromatic N) is 1. The summed E-state index contributed by atoms with van der Waals surface area (Å²) in [6.45, 7) is 3.70. The monoisotopic (exact) mass is 399 g/mol. The van der Waals surface area contributed by atoms with E-state index in [2.05, 4.69) is 9.44 Å². The molecule has 1 amide bonds. The SMILES string of the molecule is CCCNS(=O)(=O)NCC1CC(=O)N(CCc2ccc(OC)c(OC)c2)C1. The molecule has 0 radical (unpaired) electrons. The van der Waals surface area contributed by atoms with Crippen LogP contribution < -0.4 is 18.9 Å². The van der Waals surface area contributed by atoms with Crippen LogP contribution in [0.3, 0.4) is 0 Å². The van der Waals surface area contributed by atoms with E-state index >= 15 is 0 Å². The number of methoxy groups -OCH3 is 2. The van der Waals surface area contributed by atoms with E-state index < -0.39 is 10.2 Å². The van der Waals surface area contributed by atoms with Crippen LogP contribution in [-0.4, -0.2) is 59.6 Å². The highest BCUT2D eigenvalue weighted by Crippen LogP contribution is 2.28. The molecule has 1 aliphatic heterocycles. The molecular weight excluding hydrogens is 370 g/mol. The summed E-state index contributed by atoms with van der Waals surface area (Å²) in [4.78, 5) is 14.0. The molecule has 0 saturated carbocycles. The van der Waals surface area contributed by atoms with Crippen molar-refractivity contribution in [2.45, 2.75) is 26.2 Å². The Balaban J connectivity index is 1.84. The Hall–Kier alpha value is -1.84. The van der Waals surface area contributed by atoms with Crippen molar-refractivity contribution in [1.29, 1.82) is 0 Å². The molecule has 1 atom stereocenters. The molecule has 27 heavy (non-hydrogen) atoms. The zero-order valence-corrected chi connectivity index (χ0v) is 17.0. The third-order valence-corrected chi connectivity index (χ3v) is 5.65. The Kier molecular flexibility index (Phi) is 7.88. The van der Waals surface area contributed by atoms with Crippen molar-refractivity contribution in [3.63, 3.8) is 0 Å². The Morgan fingerprint density at radius 2 is 1.93 bits per heavy atom. The molecule has 8 nitrogen and oxygen atoms in total. The van der Waals surface area contributed by atoms with E-state index in [9.17, 15) is 13.2 Å². The fourth-order valence-corrected chi connectivity index (χ4v) is 4.05. The molecular formula is C18H29N3O5S. The Bertz CT molecular complexity index is 739. The van der Waals surface area contributed by atoms with E-state index in [4.69, 9.17) is 9.47 Å². The number of hydrogen-bond acceptors (Lipinski definition) is 5. The molecule has 1 aromatic rings. The summed E-state index contributed by atoms with van der Waals surface area (Å²) in [5.74, 6) is 1.37. The van der Waals surface area contributed by atoms with Crippen LogP contribution in [0.4, 0.5) is 0 Å². The Labute approximate surface area is 161 Å². The molecule has 1 aromatic carbocycles. The summed E-state index contributed by atoms with van der Waals surface area (Å²) >= 11 is 0. The van der Waals surface area contributed by atoms with E-state index in [1.165, 1.54) is 0 Å². The van der Waals surface area contributed by atoms with Crippen molar-refractivity contribution >= 4 is 16.1 Å². The maximum Gasteiger partial charge on any atom is 0.276 e. The molecule has 0 aromatic heterocycles. The zero-order chi connectivity index (χ0) is 19.9. The van der Waals surface area contributed by atoms with Crippen LogP contribution in [0.1, 0.15) is 25.3 Å². The second kappa shape index (κ2) is 9.91. The highest BCUT2D eigenvalue weighted by atomic mass is 32.2. The first kappa shape index (κ1) is 21.5. The van der Waals surface area contributed by atoms with Gasteiger partial charge >= 0.3 is 0 Å². The van der Waals surface area contributed by atoms with Crippen LogP contribution in [-0.2, 0) is 21.4 Å².